The second-order valence-electron chi connectivity index (χ2n) is 0.224. The average Bonchev–Trinajstić information content (AvgIpc) is 0.918. The van der Waals surface area contributed by atoms with Crippen LogP contribution in [-0.2, 0) is 0 Å². The van der Waals surface area contributed by atoms with Crippen LogP contribution in [0.1, 0.15) is 6.92 Å². The van der Waals surface area contributed by atoms with E-state index >= 15 is 0 Å². The second kappa shape index (κ2) is 79.2. The van der Waals surface area contributed by atoms with E-state index < -0.39 is 0 Å². The van der Waals surface area contributed by atoms with Crippen LogP contribution in [0.3, 0.4) is 0 Å². The van der Waals surface area contributed by atoms with Crippen LogP contribution in [0.4, 0.5) is 0 Å². The molecule has 32 valence electrons. The molecule has 0 rings (SSSR count). The first-order valence-electron chi connectivity index (χ1n) is 0.724. The maximum atomic E-state index is 7.32. The third-order valence-corrected chi connectivity index (χ3v) is 0. The molecule has 0 saturated heterocycles. The molecule has 0 aliphatic rings. The van der Waals surface area contributed by atoms with Crippen LogP contribution in [0.25, 0.3) is 0 Å². The number of nitrogens with zero attached hydrogens (tertiary/aromatic N) is 1. The molecule has 0 aromatic carbocycles. The molecule has 3 nitrogen and oxygen atoms in total. The Bertz CT molecular complexity index is 33.0. The van der Waals surface area contributed by atoms with Crippen molar-refractivity contribution < 1.29 is 29.8 Å². The van der Waals surface area contributed by atoms with E-state index in [9.17, 15) is 0 Å². The van der Waals surface area contributed by atoms with Crippen LogP contribution in [0.5, 0.6) is 0 Å². The van der Waals surface area contributed by atoms with E-state index in [0.29, 0.717) is 0 Å². The summed E-state index contributed by atoms with van der Waals surface area (Å²) in [7, 11) is 0. The van der Waals surface area contributed by atoms with E-state index in [1.54, 1.807) is 6.07 Å². The number of hydrogen-bond donors (Lipinski definition) is 0. The van der Waals surface area contributed by atoms with Crippen LogP contribution in [-0.4, -0.2) is 11.0 Å². The third kappa shape index (κ3) is 661000. The van der Waals surface area contributed by atoms with E-state index in [1.807, 2.05) is 0 Å². The smallest absolute Gasteiger partial charge is 0.870 e. The minimum atomic E-state index is 0. The molecule has 0 aromatic heterocycles. The fraction of sp³-hybridized carbons (Fsp3) is 0.500. The van der Waals surface area contributed by atoms with Gasteiger partial charge in [0.25, 0.3) is 0 Å². The summed E-state index contributed by atoms with van der Waals surface area (Å²) in [5, 5.41) is 7.32. The van der Waals surface area contributed by atoms with Gasteiger partial charge in [0.15, 0.2) is 0 Å². The Labute approximate surface area is 48.8 Å². The van der Waals surface area contributed by atoms with Crippen molar-refractivity contribution in [3.05, 3.63) is 0 Å². The minimum absolute atomic E-state index is 0. The maximum Gasteiger partial charge on any atom is 1.00 e. The standard InChI is InChI=1S/C2H3N.Li.2H2O/c1-2-3;;;/h1H3;;2*1H2/q;+1;;/p-1. The van der Waals surface area contributed by atoms with Gasteiger partial charge < -0.3 is 11.0 Å². The van der Waals surface area contributed by atoms with Crippen molar-refractivity contribution in [2.45, 2.75) is 6.92 Å². The Morgan fingerprint density at radius 2 is 1.50 bits per heavy atom. The van der Waals surface area contributed by atoms with Gasteiger partial charge in [-0.1, -0.05) is 0 Å². The molecule has 0 radical (unpaired) electrons. The van der Waals surface area contributed by atoms with Gasteiger partial charge in [0, 0.05) is 6.92 Å². The van der Waals surface area contributed by atoms with Gasteiger partial charge in [-0.25, -0.2) is 0 Å². The van der Waals surface area contributed by atoms with Crippen LogP contribution in [0.2, 0.25) is 0 Å². The molecule has 0 heterocycles. The monoisotopic (exact) mass is 83.1 g/mol. The number of rotatable bonds is 0. The zero-order valence-electron chi connectivity index (χ0n) is 3.89. The van der Waals surface area contributed by atoms with Crippen LogP contribution < -0.4 is 18.9 Å². The maximum absolute atomic E-state index is 7.32. The summed E-state index contributed by atoms with van der Waals surface area (Å²) in [4.78, 5) is 0. The van der Waals surface area contributed by atoms with Crippen LogP contribution >= 0.6 is 0 Å². The van der Waals surface area contributed by atoms with Crippen molar-refractivity contribution in [1.82, 2.24) is 0 Å². The molecule has 0 amide bonds. The fourth-order valence-corrected chi connectivity index (χ4v) is 0. The Morgan fingerprint density at radius 1 is 1.50 bits per heavy atom. The Balaban J connectivity index is -0.00000000667. The SMILES string of the molecule is CC#N.O.[Li+].[OH-]. The molecule has 0 saturated carbocycles. The number of nitriles is 1. The van der Waals surface area contributed by atoms with Gasteiger partial charge in [0.1, 0.15) is 0 Å². The Morgan fingerprint density at radius 3 is 1.50 bits per heavy atom. The Kier molecular flexibility index (Phi) is 494. The van der Waals surface area contributed by atoms with Gasteiger partial charge in [-0.15, -0.1) is 0 Å². The van der Waals surface area contributed by atoms with Gasteiger partial charge in [0.2, 0.25) is 0 Å². The third-order valence-electron chi connectivity index (χ3n) is 0. The molecule has 0 aromatic rings. The molecule has 0 atom stereocenters. The van der Waals surface area contributed by atoms with Gasteiger partial charge in [-0.2, -0.15) is 5.26 Å². The largest absolute Gasteiger partial charge is 1.00 e. The van der Waals surface area contributed by atoms with E-state index in [2.05, 4.69) is 0 Å². The molecule has 4 heteroatoms. The minimum Gasteiger partial charge on any atom is -0.870 e. The second-order valence-corrected chi connectivity index (χ2v) is 0.224. The number of hydrogen-bond acceptors (Lipinski definition) is 2. The fourth-order valence-electron chi connectivity index (χ4n) is 0. The molecule has 0 bridgehead atoms. The first-order valence-corrected chi connectivity index (χ1v) is 0.724. The van der Waals surface area contributed by atoms with E-state index in [4.69, 9.17) is 5.26 Å². The first kappa shape index (κ1) is 37.4. The van der Waals surface area contributed by atoms with Crippen LogP contribution in [0.15, 0.2) is 0 Å². The molecular weight excluding hydrogens is 77.0 g/mol. The normalized spacial score (nSPS) is 1.33. The molecule has 6 heavy (non-hydrogen) atoms. The van der Waals surface area contributed by atoms with Crippen molar-refractivity contribution in [3.8, 4) is 6.07 Å². The van der Waals surface area contributed by atoms with Gasteiger partial charge in [0.05, 0.1) is 6.07 Å². The first-order chi connectivity index (χ1) is 1.41. The Hall–Kier alpha value is 0.00740. The van der Waals surface area contributed by atoms with Gasteiger partial charge in [-0.3, -0.25) is 0 Å². The predicted octanol–water partition coefficient (Wildman–Crippen LogP) is -3.47. The molecule has 0 unspecified atom stereocenters. The molecule has 3 N–H and O–H groups in total. The summed E-state index contributed by atoms with van der Waals surface area (Å²) >= 11 is 0. The quantitative estimate of drug-likeness (QED) is 0.285. The summed E-state index contributed by atoms with van der Waals surface area (Å²) in [5.74, 6) is 0. The van der Waals surface area contributed by atoms with Crippen molar-refractivity contribution in [3.63, 3.8) is 0 Å². The van der Waals surface area contributed by atoms with E-state index in [-0.39, 0.29) is 29.8 Å². The van der Waals surface area contributed by atoms with Crippen molar-refractivity contribution in [1.29, 1.82) is 5.26 Å². The molecule has 0 fully saturated rings. The zero-order valence-corrected chi connectivity index (χ0v) is 3.89. The topological polar surface area (TPSA) is 85.3 Å². The van der Waals surface area contributed by atoms with E-state index in [0.717, 1.165) is 0 Å². The van der Waals surface area contributed by atoms with E-state index in [1.165, 1.54) is 6.92 Å². The zero-order chi connectivity index (χ0) is 2.71. The van der Waals surface area contributed by atoms with Gasteiger partial charge >= 0.3 is 18.9 Å². The molecule has 0 aliphatic heterocycles. The summed E-state index contributed by atoms with van der Waals surface area (Å²) < 4.78 is 0. The van der Waals surface area contributed by atoms with Gasteiger partial charge in [-0.05, 0) is 0 Å². The summed E-state index contributed by atoms with van der Waals surface area (Å²) in [6, 6.07) is 1.75. The predicted molar refractivity (Wildman–Crippen MR) is 16.8 cm³/mol. The summed E-state index contributed by atoms with van der Waals surface area (Å²) in [5.41, 5.74) is 0. The molecular formula is C2H6LiNO2. The summed E-state index contributed by atoms with van der Waals surface area (Å²) in [6.45, 7) is 1.43. The van der Waals surface area contributed by atoms with Crippen LogP contribution in [0, 0.1) is 11.3 Å². The summed E-state index contributed by atoms with van der Waals surface area (Å²) in [6.07, 6.45) is 0. The van der Waals surface area contributed by atoms with Crippen molar-refractivity contribution >= 4 is 0 Å². The molecule has 0 aliphatic carbocycles. The average molecular weight is 83.0 g/mol. The van der Waals surface area contributed by atoms with Crippen molar-refractivity contribution in [2.24, 2.45) is 0 Å². The van der Waals surface area contributed by atoms with Crippen molar-refractivity contribution in [2.75, 3.05) is 0 Å². The molecule has 0 spiro atoms.